The van der Waals surface area contributed by atoms with Gasteiger partial charge >= 0.3 is 0 Å². The van der Waals surface area contributed by atoms with Crippen molar-refractivity contribution in [2.24, 2.45) is 5.10 Å². The summed E-state index contributed by atoms with van der Waals surface area (Å²) in [4.78, 5) is 24.2. The minimum atomic E-state index is -0.459. The molecule has 0 fully saturated rings. The van der Waals surface area contributed by atoms with Gasteiger partial charge in [0, 0.05) is 36.3 Å². The molecule has 124 valence electrons. The molecule has 0 aliphatic rings. The Morgan fingerprint density at radius 1 is 1.25 bits per heavy atom. The predicted octanol–water partition coefficient (Wildman–Crippen LogP) is 3.08. The Bertz CT molecular complexity index is 788. The Morgan fingerprint density at radius 3 is 2.50 bits per heavy atom. The van der Waals surface area contributed by atoms with Crippen molar-refractivity contribution in [3.8, 4) is 0 Å². The van der Waals surface area contributed by atoms with E-state index >= 15 is 0 Å². The number of nitro groups is 1. The molecule has 2 aromatic rings. The fraction of sp³-hybridized carbons (Fsp3) is 0.125. The van der Waals surface area contributed by atoms with Crippen molar-refractivity contribution >= 4 is 35.1 Å². The van der Waals surface area contributed by atoms with Gasteiger partial charge in [-0.15, -0.1) is 0 Å². The molecule has 8 heteroatoms. The standard InChI is InChI=1S/C16H15ClN4O3/c1-20(2)14-8-3-11(9-15(14)21(23)24)10-18-19-16(22)12-4-6-13(17)7-5-12/h3-10H,1-2H3,(H,19,22)/b18-10-. The van der Waals surface area contributed by atoms with E-state index < -0.39 is 10.8 Å². The maximum Gasteiger partial charge on any atom is 0.293 e. The number of amides is 1. The number of carbonyl (C=O) groups excluding carboxylic acids is 1. The van der Waals surface area contributed by atoms with Crippen molar-refractivity contribution in [1.29, 1.82) is 0 Å². The van der Waals surface area contributed by atoms with Crippen LogP contribution in [0.3, 0.4) is 0 Å². The number of anilines is 1. The smallest absolute Gasteiger partial charge is 0.293 e. The Morgan fingerprint density at radius 2 is 1.92 bits per heavy atom. The molecule has 0 saturated heterocycles. The maximum absolute atomic E-state index is 11.9. The van der Waals surface area contributed by atoms with Crippen LogP contribution in [0.5, 0.6) is 0 Å². The summed E-state index contributed by atoms with van der Waals surface area (Å²) in [5, 5.41) is 15.5. The zero-order valence-corrected chi connectivity index (χ0v) is 13.8. The molecule has 0 aliphatic carbocycles. The SMILES string of the molecule is CN(C)c1ccc(/C=N\NC(=O)c2ccc(Cl)cc2)cc1[N+](=O)[O-]. The van der Waals surface area contributed by atoms with Gasteiger partial charge in [0.05, 0.1) is 11.1 Å². The highest BCUT2D eigenvalue weighted by molar-refractivity contribution is 6.30. The van der Waals surface area contributed by atoms with Crippen LogP contribution in [0.2, 0.25) is 5.02 Å². The maximum atomic E-state index is 11.9. The molecular weight excluding hydrogens is 332 g/mol. The Balaban J connectivity index is 2.11. The highest BCUT2D eigenvalue weighted by Crippen LogP contribution is 2.27. The van der Waals surface area contributed by atoms with Crippen LogP contribution in [0.15, 0.2) is 47.6 Å². The molecule has 0 radical (unpaired) electrons. The van der Waals surface area contributed by atoms with Gasteiger partial charge in [0.2, 0.25) is 0 Å². The third-order valence-electron chi connectivity index (χ3n) is 3.16. The van der Waals surface area contributed by atoms with Crippen molar-refractivity contribution < 1.29 is 9.72 Å². The van der Waals surface area contributed by atoms with Crippen LogP contribution in [0.4, 0.5) is 11.4 Å². The first-order valence-corrected chi connectivity index (χ1v) is 7.31. The minimum absolute atomic E-state index is 0.0343. The molecule has 0 aliphatic heterocycles. The monoisotopic (exact) mass is 346 g/mol. The van der Waals surface area contributed by atoms with Crippen molar-refractivity contribution in [3.63, 3.8) is 0 Å². The number of rotatable bonds is 5. The first-order chi connectivity index (χ1) is 11.4. The van der Waals surface area contributed by atoms with Crippen LogP contribution >= 0.6 is 11.6 Å². The molecule has 0 heterocycles. The van der Waals surface area contributed by atoms with Crippen LogP contribution in [-0.4, -0.2) is 31.1 Å². The molecule has 0 atom stereocenters. The predicted molar refractivity (Wildman–Crippen MR) is 93.9 cm³/mol. The van der Waals surface area contributed by atoms with E-state index in [1.807, 2.05) is 0 Å². The molecule has 0 aromatic heterocycles. The van der Waals surface area contributed by atoms with Gasteiger partial charge in [-0.1, -0.05) is 17.7 Å². The lowest BCUT2D eigenvalue weighted by atomic mass is 10.2. The first-order valence-electron chi connectivity index (χ1n) is 6.93. The van der Waals surface area contributed by atoms with Gasteiger partial charge in [0.15, 0.2) is 0 Å². The van der Waals surface area contributed by atoms with Crippen LogP contribution in [0.1, 0.15) is 15.9 Å². The van der Waals surface area contributed by atoms with E-state index in [0.717, 1.165) is 0 Å². The summed E-state index contributed by atoms with van der Waals surface area (Å²) in [6, 6.07) is 11.1. The number of hydrogen-bond donors (Lipinski definition) is 1. The second kappa shape index (κ2) is 7.56. The third-order valence-corrected chi connectivity index (χ3v) is 3.42. The number of nitro benzene ring substituents is 1. The fourth-order valence-corrected chi connectivity index (χ4v) is 2.10. The number of hydrazone groups is 1. The molecule has 1 amide bonds. The van der Waals surface area contributed by atoms with Crippen molar-refractivity contribution in [1.82, 2.24) is 5.43 Å². The number of nitrogens with zero attached hydrogens (tertiary/aromatic N) is 3. The van der Waals surface area contributed by atoms with E-state index in [4.69, 9.17) is 11.6 Å². The topological polar surface area (TPSA) is 87.8 Å². The molecule has 0 unspecified atom stereocenters. The van der Waals surface area contributed by atoms with E-state index in [-0.39, 0.29) is 5.69 Å². The third kappa shape index (κ3) is 4.30. The van der Waals surface area contributed by atoms with Gasteiger partial charge in [0.25, 0.3) is 11.6 Å². The highest BCUT2D eigenvalue weighted by atomic mass is 35.5. The lowest BCUT2D eigenvalue weighted by Gasteiger charge is -2.12. The zero-order chi connectivity index (χ0) is 17.7. The van der Waals surface area contributed by atoms with Crippen LogP contribution in [-0.2, 0) is 0 Å². The van der Waals surface area contributed by atoms with E-state index in [9.17, 15) is 14.9 Å². The summed E-state index contributed by atoms with van der Waals surface area (Å²) in [6.45, 7) is 0. The summed E-state index contributed by atoms with van der Waals surface area (Å²) in [7, 11) is 3.45. The zero-order valence-electron chi connectivity index (χ0n) is 13.1. The summed E-state index contributed by atoms with van der Waals surface area (Å²) in [5.41, 5.74) is 3.73. The number of nitrogens with one attached hydrogen (secondary N) is 1. The van der Waals surface area contributed by atoms with E-state index in [1.165, 1.54) is 12.3 Å². The normalized spacial score (nSPS) is 10.6. The number of hydrogen-bond acceptors (Lipinski definition) is 5. The Kier molecular flexibility index (Phi) is 5.49. The molecule has 1 N–H and O–H groups in total. The quantitative estimate of drug-likeness (QED) is 0.512. The molecule has 0 saturated carbocycles. The summed E-state index contributed by atoms with van der Waals surface area (Å²) >= 11 is 5.76. The van der Waals surface area contributed by atoms with Crippen LogP contribution < -0.4 is 10.3 Å². The number of benzene rings is 2. The van der Waals surface area contributed by atoms with Gasteiger partial charge in [-0.2, -0.15) is 5.10 Å². The first kappa shape index (κ1) is 17.4. The van der Waals surface area contributed by atoms with Crippen molar-refractivity contribution in [2.75, 3.05) is 19.0 Å². The van der Waals surface area contributed by atoms with Crippen molar-refractivity contribution in [3.05, 3.63) is 68.7 Å². The van der Waals surface area contributed by atoms with Crippen LogP contribution in [0, 0.1) is 10.1 Å². The largest absolute Gasteiger partial charge is 0.372 e. The van der Waals surface area contributed by atoms with Gasteiger partial charge in [-0.3, -0.25) is 14.9 Å². The van der Waals surface area contributed by atoms with Crippen LogP contribution in [0.25, 0.3) is 0 Å². The van der Waals surface area contributed by atoms with E-state index in [0.29, 0.717) is 21.8 Å². The number of carbonyl (C=O) groups is 1. The highest BCUT2D eigenvalue weighted by Gasteiger charge is 2.15. The molecule has 2 rings (SSSR count). The Hall–Kier alpha value is -2.93. The Labute approximate surface area is 143 Å². The summed E-state index contributed by atoms with van der Waals surface area (Å²) in [5.74, 6) is -0.401. The lowest BCUT2D eigenvalue weighted by Crippen LogP contribution is -2.17. The average molecular weight is 347 g/mol. The summed E-state index contributed by atoms with van der Waals surface area (Å²) in [6.07, 6.45) is 1.35. The molecule has 0 spiro atoms. The average Bonchev–Trinajstić information content (AvgIpc) is 2.55. The molecule has 24 heavy (non-hydrogen) atoms. The second-order valence-electron chi connectivity index (χ2n) is 5.11. The molecule has 7 nitrogen and oxygen atoms in total. The van der Waals surface area contributed by atoms with Gasteiger partial charge in [-0.25, -0.2) is 5.43 Å². The second-order valence-corrected chi connectivity index (χ2v) is 5.54. The van der Waals surface area contributed by atoms with E-state index in [2.05, 4.69) is 10.5 Å². The lowest BCUT2D eigenvalue weighted by molar-refractivity contribution is -0.384. The number of halogens is 1. The fourth-order valence-electron chi connectivity index (χ4n) is 1.98. The van der Waals surface area contributed by atoms with Gasteiger partial charge < -0.3 is 4.90 Å². The van der Waals surface area contributed by atoms with Gasteiger partial charge in [-0.05, 0) is 30.3 Å². The van der Waals surface area contributed by atoms with Crippen molar-refractivity contribution in [2.45, 2.75) is 0 Å². The molecular formula is C16H15ClN4O3. The minimum Gasteiger partial charge on any atom is -0.372 e. The van der Waals surface area contributed by atoms with E-state index in [1.54, 1.807) is 55.4 Å². The molecule has 2 aromatic carbocycles. The summed E-state index contributed by atoms with van der Waals surface area (Å²) < 4.78 is 0. The molecule has 0 bridgehead atoms. The van der Waals surface area contributed by atoms with Gasteiger partial charge in [0.1, 0.15) is 5.69 Å².